The molecule has 0 bridgehead atoms. The summed E-state index contributed by atoms with van der Waals surface area (Å²) in [6.07, 6.45) is 0.857. The van der Waals surface area contributed by atoms with Crippen LogP contribution in [0, 0.1) is 0 Å². The lowest BCUT2D eigenvalue weighted by atomic mass is 9.96. The van der Waals surface area contributed by atoms with E-state index in [4.69, 9.17) is 24.2 Å². The maximum absolute atomic E-state index is 5.56. The van der Waals surface area contributed by atoms with Crippen molar-refractivity contribution in [2.75, 3.05) is 12.5 Å². The smallest absolute Gasteiger partial charge is 0.118 e. The fourth-order valence-corrected chi connectivity index (χ4v) is 0.958. The first kappa shape index (κ1) is 9.46. The zero-order valence-corrected chi connectivity index (χ0v) is 7.55. The number of halogens is 1. The molecular formula is C9H10BClO. The highest BCUT2D eigenvalue weighted by Crippen LogP contribution is 2.06. The van der Waals surface area contributed by atoms with Crippen molar-refractivity contribution in [1.82, 2.24) is 0 Å². The minimum absolute atomic E-state index is 0.627. The van der Waals surface area contributed by atoms with Gasteiger partial charge in [-0.05, 0) is 18.6 Å². The number of hydrogen-bond acceptors (Lipinski definition) is 1. The Morgan fingerprint density at radius 1 is 1.42 bits per heavy atom. The summed E-state index contributed by atoms with van der Waals surface area (Å²) >= 11 is 5.49. The molecule has 0 heterocycles. The molecule has 0 aliphatic heterocycles. The van der Waals surface area contributed by atoms with Crippen molar-refractivity contribution in [2.24, 2.45) is 0 Å². The number of alkyl halides is 1. The molecule has 12 heavy (non-hydrogen) atoms. The van der Waals surface area contributed by atoms with Gasteiger partial charge in [0, 0.05) is 5.88 Å². The van der Waals surface area contributed by atoms with Crippen molar-refractivity contribution < 1.29 is 4.74 Å². The van der Waals surface area contributed by atoms with Gasteiger partial charge in [0.15, 0.2) is 0 Å². The third kappa shape index (κ3) is 3.18. The van der Waals surface area contributed by atoms with E-state index < -0.39 is 0 Å². The number of rotatable bonds is 4. The second-order valence-corrected chi connectivity index (χ2v) is 2.84. The predicted molar refractivity (Wildman–Crippen MR) is 52.7 cm³/mol. The summed E-state index contributed by atoms with van der Waals surface area (Å²) in [5.74, 6) is 1.43. The molecule has 62 valence electrons. The summed E-state index contributed by atoms with van der Waals surface area (Å²) in [6.45, 7) is 0.646. The fourth-order valence-electron chi connectivity index (χ4n) is 0.849. The highest BCUT2D eigenvalue weighted by atomic mass is 35.5. The quantitative estimate of drug-likeness (QED) is 0.388. The molecule has 0 unspecified atom stereocenters. The lowest BCUT2D eigenvalue weighted by Gasteiger charge is -2.04. The van der Waals surface area contributed by atoms with E-state index in [-0.39, 0.29) is 0 Å². The molecule has 0 atom stereocenters. The Labute approximate surface area is 79.1 Å². The van der Waals surface area contributed by atoms with Crippen molar-refractivity contribution in [3.8, 4) is 5.75 Å². The molecule has 1 aromatic rings. The Morgan fingerprint density at radius 3 is 2.92 bits per heavy atom. The summed E-state index contributed by atoms with van der Waals surface area (Å²) in [4.78, 5) is 0. The highest BCUT2D eigenvalue weighted by Gasteiger charge is 1.92. The largest absolute Gasteiger partial charge is 0.494 e. The van der Waals surface area contributed by atoms with Gasteiger partial charge in [-0.15, -0.1) is 11.6 Å². The SMILES string of the molecule is [B]c1cccc(OCCCCl)c1. The van der Waals surface area contributed by atoms with Gasteiger partial charge in [0.2, 0.25) is 0 Å². The van der Waals surface area contributed by atoms with Gasteiger partial charge in [-0.2, -0.15) is 0 Å². The normalized spacial score (nSPS) is 9.75. The third-order valence-electron chi connectivity index (χ3n) is 1.40. The molecule has 0 aliphatic rings. The van der Waals surface area contributed by atoms with E-state index in [1.54, 1.807) is 6.07 Å². The van der Waals surface area contributed by atoms with E-state index in [9.17, 15) is 0 Å². The maximum Gasteiger partial charge on any atom is 0.118 e. The molecule has 0 amide bonds. The second-order valence-electron chi connectivity index (χ2n) is 2.46. The third-order valence-corrected chi connectivity index (χ3v) is 1.67. The molecule has 1 rings (SSSR count). The van der Waals surface area contributed by atoms with Crippen LogP contribution in [-0.2, 0) is 0 Å². The maximum atomic E-state index is 5.56. The van der Waals surface area contributed by atoms with Gasteiger partial charge in [0.25, 0.3) is 0 Å². The average molecular weight is 180 g/mol. The molecule has 0 saturated heterocycles. The van der Waals surface area contributed by atoms with Crippen LogP contribution in [0.5, 0.6) is 5.75 Å². The summed E-state index contributed by atoms with van der Waals surface area (Å²) in [6, 6.07) is 7.37. The minimum atomic E-state index is 0.627. The number of benzene rings is 1. The van der Waals surface area contributed by atoms with Gasteiger partial charge in [-0.25, -0.2) is 0 Å². The lowest BCUT2D eigenvalue weighted by molar-refractivity contribution is 0.318. The number of ether oxygens (including phenoxy) is 1. The first-order chi connectivity index (χ1) is 5.83. The summed E-state index contributed by atoms with van der Waals surface area (Å²) < 4.78 is 5.36. The zero-order valence-electron chi connectivity index (χ0n) is 6.79. The van der Waals surface area contributed by atoms with Crippen LogP contribution in [0.2, 0.25) is 0 Å². The lowest BCUT2D eigenvalue weighted by Crippen LogP contribution is -2.03. The summed E-state index contributed by atoms with van der Waals surface area (Å²) in [7, 11) is 5.56. The van der Waals surface area contributed by atoms with E-state index in [2.05, 4.69) is 0 Å². The van der Waals surface area contributed by atoms with Gasteiger partial charge >= 0.3 is 0 Å². The molecule has 1 aromatic carbocycles. The summed E-state index contributed by atoms with van der Waals surface area (Å²) in [5, 5.41) is 0. The predicted octanol–water partition coefficient (Wildman–Crippen LogP) is 1.49. The second kappa shape index (κ2) is 5.10. The Kier molecular flexibility index (Phi) is 4.02. The van der Waals surface area contributed by atoms with Gasteiger partial charge in [-0.1, -0.05) is 17.6 Å². The van der Waals surface area contributed by atoms with E-state index in [1.165, 1.54) is 0 Å². The van der Waals surface area contributed by atoms with Gasteiger partial charge < -0.3 is 4.74 Å². The van der Waals surface area contributed by atoms with E-state index in [0.29, 0.717) is 12.5 Å². The number of hydrogen-bond donors (Lipinski definition) is 0. The molecule has 0 aromatic heterocycles. The van der Waals surface area contributed by atoms with Crippen molar-refractivity contribution in [2.45, 2.75) is 6.42 Å². The molecule has 3 heteroatoms. The molecule has 0 N–H and O–H groups in total. The van der Waals surface area contributed by atoms with Crippen LogP contribution >= 0.6 is 11.6 Å². The van der Waals surface area contributed by atoms with Crippen LogP contribution in [0.15, 0.2) is 24.3 Å². The monoisotopic (exact) mass is 180 g/mol. The van der Waals surface area contributed by atoms with E-state index >= 15 is 0 Å². The Bertz CT molecular complexity index is 240. The van der Waals surface area contributed by atoms with Crippen molar-refractivity contribution in [3.05, 3.63) is 24.3 Å². The van der Waals surface area contributed by atoms with Gasteiger partial charge in [0.1, 0.15) is 13.6 Å². The molecule has 2 radical (unpaired) electrons. The van der Waals surface area contributed by atoms with Crippen LogP contribution < -0.4 is 10.2 Å². The average Bonchev–Trinajstić information content (AvgIpc) is 2.05. The Hall–Kier alpha value is -0.625. The van der Waals surface area contributed by atoms with Gasteiger partial charge in [0.05, 0.1) is 6.61 Å². The zero-order chi connectivity index (χ0) is 8.81. The van der Waals surface area contributed by atoms with Crippen molar-refractivity contribution >= 4 is 24.9 Å². The minimum Gasteiger partial charge on any atom is -0.494 e. The van der Waals surface area contributed by atoms with E-state index in [1.807, 2.05) is 18.2 Å². The van der Waals surface area contributed by atoms with Crippen molar-refractivity contribution in [1.29, 1.82) is 0 Å². The highest BCUT2D eigenvalue weighted by molar-refractivity contribution is 6.32. The van der Waals surface area contributed by atoms with Crippen molar-refractivity contribution in [3.63, 3.8) is 0 Å². The fraction of sp³-hybridized carbons (Fsp3) is 0.333. The van der Waals surface area contributed by atoms with Gasteiger partial charge in [-0.3, -0.25) is 0 Å². The van der Waals surface area contributed by atoms with E-state index in [0.717, 1.165) is 17.6 Å². The Morgan fingerprint density at radius 2 is 2.25 bits per heavy atom. The molecule has 0 fully saturated rings. The molecule has 0 aliphatic carbocycles. The van der Waals surface area contributed by atoms with Crippen LogP contribution in [0.25, 0.3) is 0 Å². The first-order valence-electron chi connectivity index (χ1n) is 3.87. The molecule has 1 nitrogen and oxygen atoms in total. The molecule has 0 spiro atoms. The standard InChI is InChI=1S/C9H10BClO/c10-8-3-1-4-9(7-8)12-6-2-5-11/h1,3-4,7H,2,5-6H2. The van der Waals surface area contributed by atoms with Crippen LogP contribution in [0.1, 0.15) is 6.42 Å². The summed E-state index contributed by atoms with van der Waals surface area (Å²) in [5.41, 5.74) is 0.721. The first-order valence-corrected chi connectivity index (χ1v) is 4.40. The van der Waals surface area contributed by atoms with Crippen LogP contribution in [0.4, 0.5) is 0 Å². The van der Waals surface area contributed by atoms with Crippen LogP contribution in [0.3, 0.4) is 0 Å². The molecule has 0 saturated carbocycles. The van der Waals surface area contributed by atoms with Crippen LogP contribution in [-0.4, -0.2) is 20.3 Å². The Balaban J connectivity index is 2.41. The topological polar surface area (TPSA) is 9.23 Å². The molecular weight excluding hydrogens is 170 g/mol.